The molecule has 1 unspecified atom stereocenters. The van der Waals surface area contributed by atoms with E-state index in [0.29, 0.717) is 16.4 Å². The molecule has 2 N–H and O–H groups in total. The zero-order valence-corrected chi connectivity index (χ0v) is 17.8. The summed E-state index contributed by atoms with van der Waals surface area (Å²) in [5, 5.41) is 11.5. The number of thiazole rings is 1. The van der Waals surface area contributed by atoms with E-state index >= 15 is 0 Å². The molecule has 0 aliphatic heterocycles. The molecule has 0 fully saturated rings. The molecule has 4 aromatic rings. The van der Waals surface area contributed by atoms with Gasteiger partial charge in [-0.3, -0.25) is 0 Å². The second-order valence-corrected chi connectivity index (χ2v) is 7.91. The van der Waals surface area contributed by atoms with Crippen LogP contribution in [0.25, 0.3) is 0 Å². The lowest BCUT2D eigenvalue weighted by Gasteiger charge is -2.17. The van der Waals surface area contributed by atoms with Gasteiger partial charge < -0.3 is 15.2 Å². The van der Waals surface area contributed by atoms with Gasteiger partial charge in [0, 0.05) is 11.3 Å². The fourth-order valence-corrected chi connectivity index (χ4v) is 3.97. The summed E-state index contributed by atoms with van der Waals surface area (Å²) in [6.45, 7) is 0. The highest BCUT2D eigenvalue weighted by molar-refractivity contribution is 7.13. The van der Waals surface area contributed by atoms with Crippen LogP contribution in [0.5, 0.6) is 17.2 Å². The lowest BCUT2D eigenvalue weighted by molar-refractivity contribution is 0.414. The average Bonchev–Trinajstić information content (AvgIpc) is 3.25. The summed E-state index contributed by atoms with van der Waals surface area (Å²) >= 11 is 1.45. The summed E-state index contributed by atoms with van der Waals surface area (Å²) in [6, 6.07) is 25.3. The normalized spacial score (nSPS) is 11.5. The average molecular weight is 428 g/mol. The molecule has 0 radical (unpaired) electrons. The van der Waals surface area contributed by atoms with Crippen LogP contribution >= 0.6 is 11.3 Å². The number of methoxy groups -OCH3 is 1. The predicted octanol–water partition coefficient (Wildman–Crippen LogP) is 5.77. The van der Waals surface area contributed by atoms with Crippen LogP contribution in [-0.4, -0.2) is 12.1 Å². The van der Waals surface area contributed by atoms with Crippen LogP contribution in [0, 0.1) is 11.3 Å². The number of benzene rings is 3. The van der Waals surface area contributed by atoms with Crippen LogP contribution in [-0.2, 0) is 6.42 Å². The first-order valence-electron chi connectivity index (χ1n) is 9.76. The highest BCUT2D eigenvalue weighted by Gasteiger charge is 2.18. The van der Waals surface area contributed by atoms with Crippen molar-refractivity contribution in [3.8, 4) is 23.3 Å². The number of hydrogen-bond acceptors (Lipinski definition) is 6. The Morgan fingerprint density at radius 1 is 0.935 bits per heavy atom. The van der Waals surface area contributed by atoms with Gasteiger partial charge in [0.15, 0.2) is 5.13 Å². The number of ether oxygens (including phenoxy) is 2. The molecule has 154 valence electrons. The van der Waals surface area contributed by atoms with Crippen LogP contribution in [0.15, 0.2) is 78.2 Å². The Bertz CT molecular complexity index is 1180. The molecule has 4 rings (SSSR count). The molecule has 5 nitrogen and oxygen atoms in total. The standard InChI is InChI=1S/C25H21N3O2S/c1-29-20-8-2-17(3-9-20)14-23(24-16-31-25(27)28-24)19-6-12-22(13-7-19)30-21-10-4-18(15-26)5-11-21/h2-13,16,23H,14H2,1H3,(H2,27,28). The Labute approximate surface area is 185 Å². The second kappa shape index (κ2) is 9.33. The molecular formula is C25H21N3O2S. The third-order valence-corrected chi connectivity index (χ3v) is 5.69. The molecule has 3 aromatic carbocycles. The van der Waals surface area contributed by atoms with Crippen molar-refractivity contribution in [2.24, 2.45) is 0 Å². The van der Waals surface area contributed by atoms with Gasteiger partial charge in [0.25, 0.3) is 0 Å². The number of nitriles is 1. The third-order valence-electron chi connectivity index (χ3n) is 5.00. The smallest absolute Gasteiger partial charge is 0.180 e. The highest BCUT2D eigenvalue weighted by atomic mass is 32.1. The molecule has 1 aromatic heterocycles. The molecule has 0 aliphatic rings. The van der Waals surface area contributed by atoms with Crippen molar-refractivity contribution in [3.63, 3.8) is 0 Å². The van der Waals surface area contributed by atoms with Gasteiger partial charge in [0.1, 0.15) is 17.2 Å². The summed E-state index contributed by atoms with van der Waals surface area (Å²) in [7, 11) is 1.66. The molecule has 31 heavy (non-hydrogen) atoms. The number of anilines is 1. The number of nitrogens with zero attached hydrogens (tertiary/aromatic N) is 2. The van der Waals surface area contributed by atoms with Crippen LogP contribution in [0.2, 0.25) is 0 Å². The molecule has 1 atom stereocenters. The molecule has 0 spiro atoms. The van der Waals surface area contributed by atoms with Crippen molar-refractivity contribution in [1.82, 2.24) is 4.98 Å². The summed E-state index contributed by atoms with van der Waals surface area (Å²) in [5.74, 6) is 2.33. The zero-order chi connectivity index (χ0) is 21.6. The van der Waals surface area contributed by atoms with E-state index in [1.165, 1.54) is 16.9 Å². The molecule has 1 heterocycles. The Hall–Kier alpha value is -3.82. The molecule has 6 heteroatoms. The molecule has 0 saturated carbocycles. The van der Waals surface area contributed by atoms with Crippen molar-refractivity contribution in [2.45, 2.75) is 12.3 Å². The van der Waals surface area contributed by atoms with Crippen molar-refractivity contribution in [1.29, 1.82) is 5.26 Å². The van der Waals surface area contributed by atoms with Crippen LogP contribution < -0.4 is 15.2 Å². The zero-order valence-electron chi connectivity index (χ0n) is 17.0. The number of aromatic nitrogens is 1. The highest BCUT2D eigenvalue weighted by Crippen LogP contribution is 2.32. The van der Waals surface area contributed by atoms with Gasteiger partial charge >= 0.3 is 0 Å². The lowest BCUT2D eigenvalue weighted by atomic mass is 9.89. The minimum Gasteiger partial charge on any atom is -0.497 e. The van der Waals surface area contributed by atoms with E-state index in [1.807, 2.05) is 29.6 Å². The summed E-state index contributed by atoms with van der Waals surface area (Å²) in [5.41, 5.74) is 9.79. The Kier molecular flexibility index (Phi) is 6.16. The Morgan fingerprint density at radius 2 is 1.55 bits per heavy atom. The SMILES string of the molecule is COc1ccc(CC(c2ccc(Oc3ccc(C#N)cc3)cc2)c2csc(N)n2)cc1. The van der Waals surface area contributed by atoms with Crippen molar-refractivity contribution in [3.05, 3.63) is 101 Å². The second-order valence-electron chi connectivity index (χ2n) is 7.02. The topological polar surface area (TPSA) is 81.2 Å². The number of rotatable bonds is 7. The maximum atomic E-state index is 8.92. The Balaban J connectivity index is 1.56. The van der Waals surface area contributed by atoms with Crippen LogP contribution in [0.1, 0.15) is 28.3 Å². The fourth-order valence-electron chi connectivity index (χ4n) is 3.35. The number of nitrogens with two attached hydrogens (primary N) is 1. The van der Waals surface area contributed by atoms with E-state index < -0.39 is 0 Å². The van der Waals surface area contributed by atoms with Gasteiger partial charge in [-0.25, -0.2) is 4.98 Å². The first-order valence-corrected chi connectivity index (χ1v) is 10.6. The van der Waals surface area contributed by atoms with Gasteiger partial charge in [-0.1, -0.05) is 24.3 Å². The minimum absolute atomic E-state index is 0.0749. The van der Waals surface area contributed by atoms with E-state index in [4.69, 9.17) is 20.5 Å². The van der Waals surface area contributed by atoms with E-state index in [2.05, 4.69) is 35.3 Å². The maximum absolute atomic E-state index is 8.92. The van der Waals surface area contributed by atoms with Gasteiger partial charge in [0.2, 0.25) is 0 Å². The van der Waals surface area contributed by atoms with E-state index in [9.17, 15) is 0 Å². The van der Waals surface area contributed by atoms with Crippen molar-refractivity contribution in [2.75, 3.05) is 12.8 Å². The fraction of sp³-hybridized carbons (Fsp3) is 0.120. The maximum Gasteiger partial charge on any atom is 0.180 e. The first kappa shape index (κ1) is 20.5. The first-order chi connectivity index (χ1) is 15.1. The molecule has 0 saturated heterocycles. The lowest BCUT2D eigenvalue weighted by Crippen LogP contribution is -2.06. The van der Waals surface area contributed by atoms with E-state index in [-0.39, 0.29) is 5.92 Å². The Morgan fingerprint density at radius 3 is 2.10 bits per heavy atom. The largest absolute Gasteiger partial charge is 0.497 e. The van der Waals surface area contributed by atoms with Gasteiger partial charge in [0.05, 0.1) is 24.4 Å². The number of hydrogen-bond donors (Lipinski definition) is 1. The molecule has 0 aliphatic carbocycles. The predicted molar refractivity (Wildman–Crippen MR) is 123 cm³/mol. The quantitative estimate of drug-likeness (QED) is 0.405. The van der Waals surface area contributed by atoms with Crippen LogP contribution in [0.3, 0.4) is 0 Å². The number of nitrogen functional groups attached to an aromatic ring is 1. The summed E-state index contributed by atoms with van der Waals surface area (Å²) in [6.07, 6.45) is 0.795. The van der Waals surface area contributed by atoms with Gasteiger partial charge in [-0.05, 0) is 66.1 Å². The van der Waals surface area contributed by atoms with Crippen molar-refractivity contribution < 1.29 is 9.47 Å². The third kappa shape index (κ3) is 5.03. The van der Waals surface area contributed by atoms with E-state index in [0.717, 1.165) is 29.2 Å². The summed E-state index contributed by atoms with van der Waals surface area (Å²) in [4.78, 5) is 4.54. The van der Waals surface area contributed by atoms with Crippen molar-refractivity contribution >= 4 is 16.5 Å². The molecule has 0 amide bonds. The molecular weight excluding hydrogens is 406 g/mol. The molecule has 0 bridgehead atoms. The summed E-state index contributed by atoms with van der Waals surface area (Å²) < 4.78 is 11.2. The van der Waals surface area contributed by atoms with Gasteiger partial charge in [-0.15, -0.1) is 11.3 Å². The minimum atomic E-state index is 0.0749. The van der Waals surface area contributed by atoms with E-state index in [1.54, 1.807) is 31.4 Å². The monoisotopic (exact) mass is 427 g/mol. The van der Waals surface area contributed by atoms with Crippen LogP contribution in [0.4, 0.5) is 5.13 Å². The van der Waals surface area contributed by atoms with Gasteiger partial charge in [-0.2, -0.15) is 5.26 Å².